The number of fused-ring (bicyclic) bond motifs is 3. The van der Waals surface area contributed by atoms with Crippen molar-refractivity contribution in [1.29, 1.82) is 0 Å². The second-order valence-electron chi connectivity index (χ2n) is 8.25. The van der Waals surface area contributed by atoms with E-state index < -0.39 is 0 Å². The van der Waals surface area contributed by atoms with Crippen LogP contribution in [0.4, 0.5) is 10.5 Å². The number of aryl methyl sites for hydroxylation is 2. The summed E-state index contributed by atoms with van der Waals surface area (Å²) in [7, 11) is 0. The first kappa shape index (κ1) is 17.3. The molecule has 5 rings (SSSR count). The summed E-state index contributed by atoms with van der Waals surface area (Å²) >= 11 is 0. The summed E-state index contributed by atoms with van der Waals surface area (Å²) in [5.41, 5.74) is 4.36. The van der Waals surface area contributed by atoms with Gasteiger partial charge in [-0.05, 0) is 73.4 Å². The smallest absolute Gasteiger partial charge is 0.322 e. The largest absolute Gasteiger partial charge is 0.349 e. The second-order valence-corrected chi connectivity index (χ2v) is 8.25. The summed E-state index contributed by atoms with van der Waals surface area (Å²) in [5.74, 6) is 0.315. The van der Waals surface area contributed by atoms with E-state index in [9.17, 15) is 9.59 Å². The second kappa shape index (κ2) is 6.97. The van der Waals surface area contributed by atoms with Crippen LogP contribution in [0.1, 0.15) is 40.7 Å². The lowest BCUT2D eigenvalue weighted by Crippen LogP contribution is -2.48. The molecule has 5 nitrogen and oxygen atoms in total. The van der Waals surface area contributed by atoms with Gasteiger partial charge in [0, 0.05) is 29.9 Å². The molecule has 3 atom stereocenters. The normalized spacial score (nSPS) is 24.9. The predicted molar refractivity (Wildman–Crippen MR) is 108 cm³/mol. The summed E-state index contributed by atoms with van der Waals surface area (Å²) in [4.78, 5) is 27.2. The number of amides is 3. The number of benzene rings is 2. The van der Waals surface area contributed by atoms with Crippen molar-refractivity contribution in [2.24, 2.45) is 5.92 Å². The lowest BCUT2D eigenvalue weighted by Gasteiger charge is -2.32. The Labute approximate surface area is 165 Å². The highest BCUT2D eigenvalue weighted by Crippen LogP contribution is 2.38. The van der Waals surface area contributed by atoms with Crippen LogP contribution in [0.3, 0.4) is 0 Å². The Morgan fingerprint density at radius 3 is 2.57 bits per heavy atom. The van der Waals surface area contributed by atoms with E-state index in [2.05, 4.69) is 22.8 Å². The minimum absolute atomic E-state index is 0.0155. The maximum atomic E-state index is 12.8. The molecule has 0 spiro atoms. The Bertz CT molecular complexity index is 911. The first-order valence-electron chi connectivity index (χ1n) is 10.2. The van der Waals surface area contributed by atoms with Gasteiger partial charge in [0.1, 0.15) is 0 Å². The molecule has 2 aromatic rings. The Hall–Kier alpha value is -2.82. The molecule has 3 aliphatic rings. The number of hydrogen-bond donors (Lipinski definition) is 2. The van der Waals surface area contributed by atoms with Gasteiger partial charge in [0.15, 0.2) is 0 Å². The van der Waals surface area contributed by atoms with Crippen molar-refractivity contribution in [2.45, 2.75) is 44.2 Å². The van der Waals surface area contributed by atoms with Crippen LogP contribution in [-0.2, 0) is 12.8 Å². The lowest BCUT2D eigenvalue weighted by atomic mass is 10.0. The average Bonchev–Trinajstić information content (AvgIpc) is 3.43. The third-order valence-corrected chi connectivity index (χ3v) is 6.50. The van der Waals surface area contributed by atoms with Crippen molar-refractivity contribution in [1.82, 2.24) is 10.2 Å². The minimum atomic E-state index is -0.0210. The number of hydrogen-bond acceptors (Lipinski definition) is 2. The molecule has 1 aliphatic heterocycles. The third kappa shape index (κ3) is 3.15. The van der Waals surface area contributed by atoms with Crippen molar-refractivity contribution in [2.75, 3.05) is 11.9 Å². The van der Waals surface area contributed by atoms with Crippen LogP contribution < -0.4 is 10.6 Å². The zero-order valence-electron chi connectivity index (χ0n) is 15.9. The van der Waals surface area contributed by atoms with Crippen LogP contribution >= 0.6 is 0 Å². The number of carbonyl (C=O) groups excluding carboxylic acids is 2. The van der Waals surface area contributed by atoms with Crippen molar-refractivity contribution in [3.63, 3.8) is 0 Å². The zero-order chi connectivity index (χ0) is 19.1. The minimum Gasteiger partial charge on any atom is -0.349 e. The summed E-state index contributed by atoms with van der Waals surface area (Å²) in [6, 6.07) is 15.9. The molecule has 3 amide bonds. The average molecular weight is 375 g/mol. The molecule has 2 aliphatic carbocycles. The standard InChI is InChI=1S/C23H25N3O2/c27-22(16-5-2-1-3-6-16)25-21-13-20-12-18(21)14-26(20)23(28)24-19-10-9-15-7-4-8-17(15)11-19/h1-3,5-6,9-11,18,20-21H,4,7-8,12-14H2,(H,24,28)(H,25,27)/t18-,20-,21-/m0/s1. The summed E-state index contributed by atoms with van der Waals surface area (Å²) in [5, 5.41) is 6.25. The fourth-order valence-electron chi connectivity index (χ4n) is 5.07. The van der Waals surface area contributed by atoms with Gasteiger partial charge in [-0.3, -0.25) is 4.79 Å². The molecule has 2 aromatic carbocycles. The highest BCUT2D eigenvalue weighted by atomic mass is 16.2. The summed E-state index contributed by atoms with van der Waals surface area (Å²) in [6.07, 6.45) is 5.27. The molecule has 1 saturated carbocycles. The number of urea groups is 1. The molecule has 5 heteroatoms. The Balaban J connectivity index is 1.19. The molecule has 2 N–H and O–H groups in total. The van der Waals surface area contributed by atoms with E-state index in [1.807, 2.05) is 41.3 Å². The molecular formula is C23H25N3O2. The monoisotopic (exact) mass is 375 g/mol. The van der Waals surface area contributed by atoms with E-state index in [-0.39, 0.29) is 24.0 Å². The van der Waals surface area contributed by atoms with Crippen LogP contribution in [0.15, 0.2) is 48.5 Å². The Morgan fingerprint density at radius 2 is 1.79 bits per heavy atom. The molecule has 0 radical (unpaired) electrons. The first-order chi connectivity index (χ1) is 13.7. The molecule has 144 valence electrons. The Kier molecular flexibility index (Phi) is 4.30. The van der Waals surface area contributed by atoms with E-state index in [0.29, 0.717) is 18.0 Å². The molecule has 2 bridgehead atoms. The topological polar surface area (TPSA) is 61.4 Å². The van der Waals surface area contributed by atoms with Gasteiger partial charge in [-0.15, -0.1) is 0 Å². The Morgan fingerprint density at radius 1 is 0.964 bits per heavy atom. The number of anilines is 1. The van der Waals surface area contributed by atoms with E-state index in [1.54, 1.807) is 0 Å². The van der Waals surface area contributed by atoms with Crippen LogP contribution in [-0.4, -0.2) is 35.5 Å². The van der Waals surface area contributed by atoms with Gasteiger partial charge in [0.25, 0.3) is 5.91 Å². The molecular weight excluding hydrogens is 350 g/mol. The van der Waals surface area contributed by atoms with Gasteiger partial charge < -0.3 is 15.5 Å². The van der Waals surface area contributed by atoms with E-state index >= 15 is 0 Å². The summed E-state index contributed by atoms with van der Waals surface area (Å²) < 4.78 is 0. The van der Waals surface area contributed by atoms with E-state index in [0.717, 1.165) is 31.4 Å². The summed E-state index contributed by atoms with van der Waals surface area (Å²) in [6.45, 7) is 0.710. The lowest BCUT2D eigenvalue weighted by molar-refractivity contribution is 0.0915. The highest BCUT2D eigenvalue weighted by molar-refractivity contribution is 5.94. The SMILES string of the molecule is O=C(N[C@H]1C[C@@H]2C[C@H]1CN2C(=O)Nc1ccc2c(c1)CCC2)c1ccccc1. The third-order valence-electron chi connectivity index (χ3n) is 6.50. The number of rotatable bonds is 3. The van der Waals surface area contributed by atoms with E-state index in [4.69, 9.17) is 0 Å². The predicted octanol–water partition coefficient (Wildman–Crippen LogP) is 3.60. The number of likely N-dealkylation sites (tertiary alicyclic amines) is 1. The molecule has 0 unspecified atom stereocenters. The molecule has 2 fully saturated rings. The van der Waals surface area contributed by atoms with Gasteiger partial charge >= 0.3 is 6.03 Å². The van der Waals surface area contributed by atoms with Crippen molar-refractivity contribution in [3.05, 3.63) is 65.2 Å². The van der Waals surface area contributed by atoms with Crippen molar-refractivity contribution >= 4 is 17.6 Å². The van der Waals surface area contributed by atoms with Gasteiger partial charge in [-0.25, -0.2) is 4.79 Å². The van der Waals surface area contributed by atoms with E-state index in [1.165, 1.54) is 17.5 Å². The quantitative estimate of drug-likeness (QED) is 0.861. The highest BCUT2D eigenvalue weighted by Gasteiger charge is 2.47. The molecule has 0 aromatic heterocycles. The van der Waals surface area contributed by atoms with Gasteiger partial charge in [-0.1, -0.05) is 24.3 Å². The number of piperidine rings is 1. The first-order valence-corrected chi connectivity index (χ1v) is 10.2. The number of carbonyl (C=O) groups is 2. The van der Waals surface area contributed by atoms with Gasteiger partial charge in [-0.2, -0.15) is 0 Å². The fraction of sp³-hybridized carbons (Fsp3) is 0.391. The van der Waals surface area contributed by atoms with Crippen LogP contribution in [0.2, 0.25) is 0 Å². The maximum Gasteiger partial charge on any atom is 0.322 e. The number of nitrogens with one attached hydrogen (secondary N) is 2. The van der Waals surface area contributed by atoms with Crippen LogP contribution in [0.25, 0.3) is 0 Å². The maximum absolute atomic E-state index is 12.8. The molecule has 28 heavy (non-hydrogen) atoms. The number of nitrogens with zero attached hydrogens (tertiary/aromatic N) is 1. The molecule has 1 heterocycles. The van der Waals surface area contributed by atoms with Gasteiger partial charge in [0.2, 0.25) is 0 Å². The fourth-order valence-corrected chi connectivity index (χ4v) is 5.07. The van der Waals surface area contributed by atoms with Crippen molar-refractivity contribution in [3.8, 4) is 0 Å². The molecule has 1 saturated heterocycles. The van der Waals surface area contributed by atoms with Crippen LogP contribution in [0.5, 0.6) is 0 Å². The van der Waals surface area contributed by atoms with Crippen LogP contribution in [0, 0.1) is 5.92 Å². The van der Waals surface area contributed by atoms with Gasteiger partial charge in [0.05, 0.1) is 0 Å². The van der Waals surface area contributed by atoms with Crippen molar-refractivity contribution < 1.29 is 9.59 Å². The zero-order valence-corrected chi connectivity index (χ0v) is 15.9.